The van der Waals surface area contributed by atoms with Gasteiger partial charge in [0.25, 0.3) is 0 Å². The van der Waals surface area contributed by atoms with Crippen molar-refractivity contribution in [1.82, 2.24) is 5.32 Å². The fourth-order valence-corrected chi connectivity index (χ4v) is 3.64. The standard InChI is InChI=1S/C21H27NO2/c1-23-20-12-11-18(14-21(20)24-2)17-9-6-10-19(13-17)22-15-16-7-4-3-5-8-16/h3-5,7-8,11-12,14,17,19,22H,6,9-10,13,15H2,1-2H3/t17-,19-/m1/s1. The van der Waals surface area contributed by atoms with Gasteiger partial charge >= 0.3 is 0 Å². The van der Waals surface area contributed by atoms with Crippen LogP contribution in [-0.4, -0.2) is 20.3 Å². The van der Waals surface area contributed by atoms with Gasteiger partial charge in [0.1, 0.15) is 0 Å². The molecular formula is C21H27NO2. The van der Waals surface area contributed by atoms with Gasteiger partial charge in [-0.25, -0.2) is 0 Å². The minimum Gasteiger partial charge on any atom is -0.493 e. The van der Waals surface area contributed by atoms with E-state index in [4.69, 9.17) is 9.47 Å². The molecule has 1 saturated carbocycles. The molecule has 1 aliphatic rings. The molecule has 2 atom stereocenters. The number of hydrogen-bond acceptors (Lipinski definition) is 3. The molecule has 24 heavy (non-hydrogen) atoms. The zero-order valence-electron chi connectivity index (χ0n) is 14.6. The maximum Gasteiger partial charge on any atom is 0.160 e. The molecule has 0 aromatic heterocycles. The smallest absolute Gasteiger partial charge is 0.160 e. The maximum atomic E-state index is 5.46. The molecule has 2 aromatic rings. The number of ether oxygens (including phenoxy) is 2. The van der Waals surface area contributed by atoms with Crippen LogP contribution in [0.4, 0.5) is 0 Å². The molecule has 1 N–H and O–H groups in total. The van der Waals surface area contributed by atoms with Crippen molar-refractivity contribution < 1.29 is 9.47 Å². The molecule has 3 rings (SSSR count). The predicted molar refractivity (Wildman–Crippen MR) is 97.8 cm³/mol. The molecule has 0 radical (unpaired) electrons. The van der Waals surface area contributed by atoms with Crippen LogP contribution in [0, 0.1) is 0 Å². The summed E-state index contributed by atoms with van der Waals surface area (Å²) in [4.78, 5) is 0. The molecule has 3 nitrogen and oxygen atoms in total. The highest BCUT2D eigenvalue weighted by Gasteiger charge is 2.23. The Morgan fingerprint density at radius 3 is 2.50 bits per heavy atom. The molecule has 0 amide bonds. The van der Waals surface area contributed by atoms with Gasteiger partial charge in [0.05, 0.1) is 14.2 Å². The Labute approximate surface area is 145 Å². The van der Waals surface area contributed by atoms with Crippen LogP contribution < -0.4 is 14.8 Å². The zero-order chi connectivity index (χ0) is 16.8. The molecule has 0 saturated heterocycles. The first-order chi connectivity index (χ1) is 11.8. The molecule has 1 aliphatic carbocycles. The van der Waals surface area contributed by atoms with E-state index in [1.165, 1.54) is 36.8 Å². The van der Waals surface area contributed by atoms with Crippen molar-refractivity contribution in [3.8, 4) is 11.5 Å². The van der Waals surface area contributed by atoms with Crippen LogP contribution in [0.3, 0.4) is 0 Å². The maximum absolute atomic E-state index is 5.46. The van der Waals surface area contributed by atoms with E-state index in [0.29, 0.717) is 12.0 Å². The van der Waals surface area contributed by atoms with Gasteiger partial charge in [-0.05, 0) is 48.4 Å². The van der Waals surface area contributed by atoms with Gasteiger partial charge in [-0.3, -0.25) is 0 Å². The predicted octanol–water partition coefficient (Wildman–Crippen LogP) is 4.52. The van der Waals surface area contributed by atoms with Crippen molar-refractivity contribution in [3.05, 3.63) is 59.7 Å². The number of hydrogen-bond donors (Lipinski definition) is 1. The van der Waals surface area contributed by atoms with Crippen LogP contribution in [0.25, 0.3) is 0 Å². The molecule has 3 heteroatoms. The van der Waals surface area contributed by atoms with Crippen molar-refractivity contribution in [2.24, 2.45) is 0 Å². The largest absolute Gasteiger partial charge is 0.493 e. The summed E-state index contributed by atoms with van der Waals surface area (Å²) in [6.45, 7) is 0.949. The average Bonchev–Trinajstić information content (AvgIpc) is 2.67. The average molecular weight is 325 g/mol. The van der Waals surface area contributed by atoms with E-state index >= 15 is 0 Å². The van der Waals surface area contributed by atoms with Gasteiger partial charge in [0.2, 0.25) is 0 Å². The Hall–Kier alpha value is -2.00. The van der Waals surface area contributed by atoms with Crippen LogP contribution in [0.1, 0.15) is 42.7 Å². The monoisotopic (exact) mass is 325 g/mol. The van der Waals surface area contributed by atoms with Crippen molar-refractivity contribution in [2.75, 3.05) is 14.2 Å². The molecule has 0 heterocycles. The molecule has 2 aromatic carbocycles. The molecule has 128 valence electrons. The first-order valence-electron chi connectivity index (χ1n) is 8.79. The molecular weight excluding hydrogens is 298 g/mol. The van der Waals surface area contributed by atoms with Gasteiger partial charge in [-0.1, -0.05) is 42.8 Å². The van der Waals surface area contributed by atoms with E-state index < -0.39 is 0 Å². The lowest BCUT2D eigenvalue weighted by atomic mass is 9.81. The van der Waals surface area contributed by atoms with E-state index in [1.54, 1.807) is 14.2 Å². The van der Waals surface area contributed by atoms with E-state index in [-0.39, 0.29) is 0 Å². The summed E-state index contributed by atoms with van der Waals surface area (Å²) < 4.78 is 10.8. The third-order valence-electron chi connectivity index (χ3n) is 4.99. The summed E-state index contributed by atoms with van der Waals surface area (Å²) in [6, 6.07) is 17.6. The molecule has 1 fully saturated rings. The second-order valence-electron chi connectivity index (χ2n) is 6.54. The summed E-state index contributed by atoms with van der Waals surface area (Å²) in [5.74, 6) is 2.22. The Morgan fingerprint density at radius 2 is 1.75 bits per heavy atom. The second-order valence-corrected chi connectivity index (χ2v) is 6.54. The number of benzene rings is 2. The number of methoxy groups -OCH3 is 2. The van der Waals surface area contributed by atoms with Crippen molar-refractivity contribution in [2.45, 2.75) is 44.2 Å². The van der Waals surface area contributed by atoms with Gasteiger partial charge in [-0.15, -0.1) is 0 Å². The lowest BCUT2D eigenvalue weighted by Crippen LogP contribution is -2.33. The second kappa shape index (κ2) is 8.20. The van der Waals surface area contributed by atoms with Crippen molar-refractivity contribution in [1.29, 1.82) is 0 Å². The Bertz CT molecular complexity index is 642. The van der Waals surface area contributed by atoms with E-state index in [0.717, 1.165) is 18.0 Å². The summed E-state index contributed by atoms with van der Waals surface area (Å²) in [7, 11) is 3.38. The third kappa shape index (κ3) is 4.09. The first-order valence-corrected chi connectivity index (χ1v) is 8.79. The summed E-state index contributed by atoms with van der Waals surface area (Å²) >= 11 is 0. The summed E-state index contributed by atoms with van der Waals surface area (Å²) in [5.41, 5.74) is 2.71. The first kappa shape index (κ1) is 16.8. The van der Waals surface area contributed by atoms with E-state index in [2.05, 4.69) is 47.8 Å². The lowest BCUT2D eigenvalue weighted by Gasteiger charge is -2.30. The van der Waals surface area contributed by atoms with E-state index in [9.17, 15) is 0 Å². The highest BCUT2D eigenvalue weighted by Crippen LogP contribution is 2.37. The van der Waals surface area contributed by atoms with Crippen LogP contribution >= 0.6 is 0 Å². The van der Waals surface area contributed by atoms with Gasteiger partial charge in [0.15, 0.2) is 11.5 Å². The summed E-state index contributed by atoms with van der Waals surface area (Å²) in [5, 5.41) is 3.73. The van der Waals surface area contributed by atoms with Crippen LogP contribution in [0.15, 0.2) is 48.5 Å². The quantitative estimate of drug-likeness (QED) is 0.847. The SMILES string of the molecule is COc1ccc([C@@H]2CCC[C@@H](NCc3ccccc3)C2)cc1OC. The number of rotatable bonds is 6. The minimum atomic E-state index is 0.581. The van der Waals surface area contributed by atoms with Gasteiger partial charge < -0.3 is 14.8 Å². The minimum absolute atomic E-state index is 0.581. The van der Waals surface area contributed by atoms with Crippen LogP contribution in [0.5, 0.6) is 11.5 Å². The van der Waals surface area contributed by atoms with Crippen molar-refractivity contribution >= 4 is 0 Å². The Morgan fingerprint density at radius 1 is 0.958 bits per heavy atom. The zero-order valence-corrected chi connectivity index (χ0v) is 14.6. The highest BCUT2D eigenvalue weighted by molar-refractivity contribution is 5.44. The molecule has 0 bridgehead atoms. The third-order valence-corrected chi connectivity index (χ3v) is 4.99. The van der Waals surface area contributed by atoms with Crippen molar-refractivity contribution in [3.63, 3.8) is 0 Å². The molecule has 0 unspecified atom stereocenters. The molecule has 0 spiro atoms. The topological polar surface area (TPSA) is 30.5 Å². The fraction of sp³-hybridized carbons (Fsp3) is 0.429. The van der Waals surface area contributed by atoms with Crippen LogP contribution in [-0.2, 0) is 6.54 Å². The van der Waals surface area contributed by atoms with E-state index in [1.807, 2.05) is 6.07 Å². The fourth-order valence-electron chi connectivity index (χ4n) is 3.64. The van der Waals surface area contributed by atoms with Gasteiger partial charge in [0, 0.05) is 12.6 Å². The Balaban J connectivity index is 1.63. The Kier molecular flexibility index (Phi) is 5.76. The lowest BCUT2D eigenvalue weighted by molar-refractivity contribution is 0.334. The summed E-state index contributed by atoms with van der Waals surface area (Å²) in [6.07, 6.45) is 4.96. The highest BCUT2D eigenvalue weighted by atomic mass is 16.5. The normalized spacial score (nSPS) is 20.6. The van der Waals surface area contributed by atoms with Gasteiger partial charge in [-0.2, -0.15) is 0 Å². The van der Waals surface area contributed by atoms with Crippen LogP contribution in [0.2, 0.25) is 0 Å². The number of nitrogens with one attached hydrogen (secondary N) is 1. The molecule has 0 aliphatic heterocycles.